The highest BCUT2D eigenvalue weighted by Crippen LogP contribution is 2.21. The first-order valence-electron chi connectivity index (χ1n) is 5.45. The smallest absolute Gasteiger partial charge is 0.326 e. The monoisotopic (exact) mass is 222 g/mol. The Balaban J connectivity index is 3.01. The molecule has 0 spiro atoms. The summed E-state index contributed by atoms with van der Waals surface area (Å²) in [5.41, 5.74) is 7.20. The second-order valence-electron chi connectivity index (χ2n) is 3.64. The largest absolute Gasteiger partial charge is 0.480 e. The van der Waals surface area contributed by atoms with Gasteiger partial charge in [0.2, 0.25) is 0 Å². The van der Waals surface area contributed by atoms with Crippen LogP contribution in [-0.2, 0) is 4.79 Å². The summed E-state index contributed by atoms with van der Waals surface area (Å²) < 4.78 is 0. The normalized spacial score (nSPS) is 12.1. The van der Waals surface area contributed by atoms with Crippen LogP contribution in [0.2, 0.25) is 0 Å². The van der Waals surface area contributed by atoms with E-state index in [0.29, 0.717) is 18.7 Å². The highest BCUT2D eigenvalue weighted by Gasteiger charge is 2.22. The van der Waals surface area contributed by atoms with Gasteiger partial charge in [-0.05, 0) is 31.5 Å². The van der Waals surface area contributed by atoms with Crippen molar-refractivity contribution in [3.05, 3.63) is 24.3 Å². The molecule has 0 radical (unpaired) electrons. The number of benzene rings is 1. The molecular weight excluding hydrogens is 204 g/mol. The molecule has 0 aliphatic carbocycles. The Bertz CT molecular complexity index is 366. The Morgan fingerprint density at radius 2 is 2.19 bits per heavy atom. The maximum absolute atomic E-state index is 11.1. The molecule has 0 fully saturated rings. The number of nitrogens with two attached hydrogens (primary N) is 1. The van der Waals surface area contributed by atoms with E-state index < -0.39 is 12.0 Å². The quantitative estimate of drug-likeness (QED) is 0.747. The lowest BCUT2D eigenvalue weighted by atomic mass is 10.1. The number of nitrogen functional groups attached to an aromatic ring is 1. The van der Waals surface area contributed by atoms with Gasteiger partial charge in [0, 0.05) is 17.9 Å². The first-order valence-corrected chi connectivity index (χ1v) is 5.45. The van der Waals surface area contributed by atoms with E-state index in [-0.39, 0.29) is 0 Å². The molecule has 0 aliphatic rings. The van der Waals surface area contributed by atoms with Crippen LogP contribution >= 0.6 is 0 Å². The average molecular weight is 222 g/mol. The molecule has 3 N–H and O–H groups in total. The molecule has 1 unspecified atom stereocenters. The van der Waals surface area contributed by atoms with E-state index in [9.17, 15) is 4.79 Å². The molecule has 0 amide bonds. The molecule has 0 saturated carbocycles. The van der Waals surface area contributed by atoms with Crippen LogP contribution in [0.25, 0.3) is 0 Å². The summed E-state index contributed by atoms with van der Waals surface area (Å²) in [4.78, 5) is 13.0. The Labute approximate surface area is 95.7 Å². The van der Waals surface area contributed by atoms with Crippen molar-refractivity contribution in [3.63, 3.8) is 0 Å². The minimum absolute atomic E-state index is 0.494. The van der Waals surface area contributed by atoms with Crippen LogP contribution in [0.3, 0.4) is 0 Å². The van der Waals surface area contributed by atoms with Crippen LogP contribution in [0.1, 0.15) is 20.3 Å². The number of aliphatic carboxylic acids is 1. The number of rotatable bonds is 5. The Hall–Kier alpha value is -1.71. The summed E-state index contributed by atoms with van der Waals surface area (Å²) in [5.74, 6) is -0.799. The van der Waals surface area contributed by atoms with Gasteiger partial charge in [-0.1, -0.05) is 13.0 Å². The first-order chi connectivity index (χ1) is 7.60. The molecular formula is C12H18N2O2. The summed E-state index contributed by atoms with van der Waals surface area (Å²) in [7, 11) is 0. The van der Waals surface area contributed by atoms with Crippen LogP contribution in [0.5, 0.6) is 0 Å². The summed E-state index contributed by atoms with van der Waals surface area (Å²) in [5, 5.41) is 9.13. The third kappa shape index (κ3) is 2.66. The van der Waals surface area contributed by atoms with Gasteiger partial charge in [0.15, 0.2) is 0 Å². The van der Waals surface area contributed by atoms with Crippen LogP contribution < -0.4 is 10.6 Å². The molecule has 16 heavy (non-hydrogen) atoms. The molecule has 0 aliphatic heterocycles. The predicted molar refractivity (Wildman–Crippen MR) is 65.6 cm³/mol. The van der Waals surface area contributed by atoms with E-state index >= 15 is 0 Å². The summed E-state index contributed by atoms with van der Waals surface area (Å²) in [6.45, 7) is 4.46. The van der Waals surface area contributed by atoms with Crippen molar-refractivity contribution in [2.75, 3.05) is 17.2 Å². The van der Waals surface area contributed by atoms with Crippen molar-refractivity contribution in [3.8, 4) is 0 Å². The second kappa shape index (κ2) is 5.39. The number of carboxylic acid groups (broad SMARTS) is 1. The van der Waals surface area contributed by atoms with Gasteiger partial charge >= 0.3 is 5.97 Å². The zero-order valence-electron chi connectivity index (χ0n) is 9.68. The van der Waals surface area contributed by atoms with Crippen molar-refractivity contribution in [2.45, 2.75) is 26.3 Å². The highest BCUT2D eigenvalue weighted by atomic mass is 16.4. The van der Waals surface area contributed by atoms with Crippen LogP contribution in [0.4, 0.5) is 11.4 Å². The lowest BCUT2D eigenvalue weighted by Gasteiger charge is -2.29. The zero-order chi connectivity index (χ0) is 12.1. The minimum atomic E-state index is -0.799. The number of likely N-dealkylation sites (N-methyl/N-ethyl adjacent to an activating group) is 1. The Kier molecular flexibility index (Phi) is 4.17. The fraction of sp³-hybridized carbons (Fsp3) is 0.417. The molecule has 1 aromatic carbocycles. The van der Waals surface area contributed by atoms with Crippen molar-refractivity contribution in [1.29, 1.82) is 0 Å². The third-order valence-corrected chi connectivity index (χ3v) is 2.59. The number of hydrogen-bond acceptors (Lipinski definition) is 3. The molecule has 0 saturated heterocycles. The van der Waals surface area contributed by atoms with Gasteiger partial charge < -0.3 is 15.7 Å². The van der Waals surface area contributed by atoms with Gasteiger partial charge in [-0.25, -0.2) is 4.79 Å². The van der Waals surface area contributed by atoms with Gasteiger partial charge in [-0.15, -0.1) is 0 Å². The van der Waals surface area contributed by atoms with E-state index in [4.69, 9.17) is 10.8 Å². The molecule has 1 aromatic rings. The molecule has 1 atom stereocenters. The molecule has 0 bridgehead atoms. The van der Waals surface area contributed by atoms with Crippen molar-refractivity contribution < 1.29 is 9.90 Å². The lowest BCUT2D eigenvalue weighted by Crippen LogP contribution is -2.40. The number of nitrogens with zero attached hydrogens (tertiary/aromatic N) is 1. The lowest BCUT2D eigenvalue weighted by molar-refractivity contribution is -0.138. The number of anilines is 2. The summed E-state index contributed by atoms with van der Waals surface area (Å²) in [6, 6.07) is 6.81. The Morgan fingerprint density at radius 1 is 1.50 bits per heavy atom. The number of carbonyl (C=O) groups is 1. The number of hydrogen-bond donors (Lipinski definition) is 2. The van der Waals surface area contributed by atoms with Crippen LogP contribution in [0.15, 0.2) is 24.3 Å². The van der Waals surface area contributed by atoms with E-state index in [0.717, 1.165) is 5.69 Å². The third-order valence-electron chi connectivity index (χ3n) is 2.59. The highest BCUT2D eigenvalue weighted by molar-refractivity contribution is 5.78. The predicted octanol–water partition coefficient (Wildman–Crippen LogP) is 1.96. The topological polar surface area (TPSA) is 66.6 Å². The van der Waals surface area contributed by atoms with Crippen LogP contribution in [0, 0.1) is 0 Å². The van der Waals surface area contributed by atoms with Crippen molar-refractivity contribution in [2.24, 2.45) is 0 Å². The van der Waals surface area contributed by atoms with E-state index in [1.807, 2.05) is 30.9 Å². The minimum Gasteiger partial charge on any atom is -0.480 e. The van der Waals surface area contributed by atoms with E-state index in [1.54, 1.807) is 12.1 Å². The molecule has 0 heterocycles. The maximum atomic E-state index is 11.1. The summed E-state index contributed by atoms with van der Waals surface area (Å²) >= 11 is 0. The van der Waals surface area contributed by atoms with Gasteiger partial charge in [-0.2, -0.15) is 0 Å². The average Bonchev–Trinajstić information content (AvgIpc) is 2.25. The first kappa shape index (κ1) is 12.4. The van der Waals surface area contributed by atoms with Crippen molar-refractivity contribution in [1.82, 2.24) is 0 Å². The van der Waals surface area contributed by atoms with E-state index in [1.165, 1.54) is 0 Å². The Morgan fingerprint density at radius 3 is 2.62 bits per heavy atom. The van der Waals surface area contributed by atoms with Crippen molar-refractivity contribution >= 4 is 17.3 Å². The SMILES string of the molecule is CCC(C(=O)O)N(CC)c1cccc(N)c1. The fourth-order valence-electron chi connectivity index (χ4n) is 1.81. The molecule has 0 aromatic heterocycles. The maximum Gasteiger partial charge on any atom is 0.326 e. The zero-order valence-corrected chi connectivity index (χ0v) is 9.68. The summed E-state index contributed by atoms with van der Waals surface area (Å²) in [6.07, 6.45) is 0.567. The van der Waals surface area contributed by atoms with E-state index in [2.05, 4.69) is 0 Å². The molecule has 88 valence electrons. The molecule has 4 heteroatoms. The molecule has 1 rings (SSSR count). The number of carboxylic acids is 1. The fourth-order valence-corrected chi connectivity index (χ4v) is 1.81. The second-order valence-corrected chi connectivity index (χ2v) is 3.64. The van der Waals surface area contributed by atoms with Crippen LogP contribution in [-0.4, -0.2) is 23.7 Å². The van der Waals surface area contributed by atoms with Gasteiger partial charge in [0.05, 0.1) is 0 Å². The van der Waals surface area contributed by atoms with Gasteiger partial charge in [-0.3, -0.25) is 0 Å². The molecule has 4 nitrogen and oxygen atoms in total. The van der Waals surface area contributed by atoms with Gasteiger partial charge in [0.1, 0.15) is 6.04 Å². The van der Waals surface area contributed by atoms with Gasteiger partial charge in [0.25, 0.3) is 0 Å². The standard InChI is InChI=1S/C12H18N2O2/c1-3-11(12(15)16)14(4-2)10-7-5-6-9(13)8-10/h5-8,11H,3-4,13H2,1-2H3,(H,15,16).